The first-order valence-electron chi connectivity index (χ1n) is 12.8. The summed E-state index contributed by atoms with van der Waals surface area (Å²) in [5.74, 6) is 1.05. The van der Waals surface area contributed by atoms with Crippen LogP contribution in [0.4, 0.5) is 5.69 Å². The summed E-state index contributed by atoms with van der Waals surface area (Å²) in [4.78, 5) is 15.8. The molecule has 3 aromatic carbocycles. The van der Waals surface area contributed by atoms with Gasteiger partial charge in [-0.3, -0.25) is 10.2 Å². The molecule has 1 heterocycles. The van der Waals surface area contributed by atoms with E-state index in [0.717, 1.165) is 58.7 Å². The van der Waals surface area contributed by atoms with Gasteiger partial charge in [-0.05, 0) is 55.2 Å². The van der Waals surface area contributed by atoms with Gasteiger partial charge in [0.2, 0.25) is 0 Å². The van der Waals surface area contributed by atoms with Crippen LogP contribution in [0.2, 0.25) is 0 Å². The van der Waals surface area contributed by atoms with Crippen molar-refractivity contribution in [3.63, 3.8) is 0 Å². The van der Waals surface area contributed by atoms with Crippen molar-refractivity contribution in [2.24, 2.45) is 5.10 Å². The number of benzene rings is 3. The number of thiocarbonyl (C=S) groups is 1. The highest BCUT2D eigenvalue weighted by Crippen LogP contribution is 2.31. The summed E-state index contributed by atoms with van der Waals surface area (Å²) >= 11 is 5.43. The maximum absolute atomic E-state index is 13.9. The number of amides is 1. The van der Waals surface area contributed by atoms with E-state index in [9.17, 15) is 4.79 Å². The zero-order chi connectivity index (χ0) is 26.3. The molecular weight excluding hydrogens is 492 g/mol. The van der Waals surface area contributed by atoms with Gasteiger partial charge >= 0.3 is 0 Å². The molecule has 2 N–H and O–H groups in total. The van der Waals surface area contributed by atoms with E-state index in [4.69, 9.17) is 16.6 Å². The fourth-order valence-corrected chi connectivity index (χ4v) is 4.90. The zero-order valence-electron chi connectivity index (χ0n) is 21.3. The molecule has 5 rings (SSSR count). The van der Waals surface area contributed by atoms with Crippen molar-refractivity contribution < 1.29 is 9.21 Å². The largest absolute Gasteiger partial charge is 0.455 e. The average molecular weight is 523 g/mol. The number of anilines is 1. The van der Waals surface area contributed by atoms with E-state index < -0.39 is 0 Å². The second-order valence-electron chi connectivity index (χ2n) is 9.33. The molecule has 1 aliphatic rings. The first kappa shape index (κ1) is 25.4. The third-order valence-corrected chi connectivity index (χ3v) is 6.76. The van der Waals surface area contributed by atoms with E-state index in [1.165, 1.54) is 0 Å². The molecule has 0 aliphatic heterocycles. The third-order valence-electron chi connectivity index (χ3n) is 6.56. The normalized spacial score (nSPS) is 13.6. The van der Waals surface area contributed by atoms with Gasteiger partial charge in [0.15, 0.2) is 10.9 Å². The van der Waals surface area contributed by atoms with Crippen molar-refractivity contribution in [3.8, 4) is 0 Å². The number of hydrazone groups is 1. The van der Waals surface area contributed by atoms with Crippen LogP contribution in [0.1, 0.15) is 51.4 Å². The maximum Gasteiger partial charge on any atom is 0.290 e. The first-order valence-corrected chi connectivity index (χ1v) is 13.2. The molecule has 7 heteroatoms. The van der Waals surface area contributed by atoms with Gasteiger partial charge in [0, 0.05) is 36.3 Å². The molecule has 0 saturated carbocycles. The Hall–Kier alpha value is -4.23. The summed E-state index contributed by atoms with van der Waals surface area (Å²) in [6, 6.07) is 29.8. The fourth-order valence-electron chi connectivity index (χ4n) is 4.73. The smallest absolute Gasteiger partial charge is 0.290 e. The minimum absolute atomic E-state index is 0.127. The maximum atomic E-state index is 13.9. The number of fused-ring (bicyclic) bond motifs is 1. The molecule has 38 heavy (non-hydrogen) atoms. The highest BCUT2D eigenvalue weighted by molar-refractivity contribution is 7.80. The molecular formula is C31H30N4O2S. The molecule has 0 bridgehead atoms. The van der Waals surface area contributed by atoms with Crippen molar-refractivity contribution in [1.29, 1.82) is 0 Å². The molecule has 0 unspecified atom stereocenters. The van der Waals surface area contributed by atoms with Gasteiger partial charge in [-0.2, -0.15) is 5.10 Å². The number of carbonyl (C=O) groups excluding carboxylic acids is 1. The van der Waals surface area contributed by atoms with Gasteiger partial charge in [-0.1, -0.05) is 78.9 Å². The topological polar surface area (TPSA) is 69.9 Å². The number of nitrogens with zero attached hydrogens (tertiary/aromatic N) is 2. The van der Waals surface area contributed by atoms with Crippen LogP contribution < -0.4 is 10.7 Å². The van der Waals surface area contributed by atoms with Crippen LogP contribution in [0, 0.1) is 6.92 Å². The summed E-state index contributed by atoms with van der Waals surface area (Å²) in [7, 11) is 0. The number of furan rings is 1. The Bertz CT molecular complexity index is 1390. The number of aryl methyl sites for hydroxylation is 1. The highest BCUT2D eigenvalue weighted by atomic mass is 32.1. The predicted octanol–water partition coefficient (Wildman–Crippen LogP) is 6.46. The van der Waals surface area contributed by atoms with Crippen molar-refractivity contribution in [2.75, 3.05) is 5.32 Å². The van der Waals surface area contributed by atoms with Gasteiger partial charge in [0.05, 0.1) is 5.71 Å². The van der Waals surface area contributed by atoms with Crippen LogP contribution in [0.15, 0.2) is 101 Å². The molecule has 0 spiro atoms. The van der Waals surface area contributed by atoms with Crippen LogP contribution in [0.5, 0.6) is 0 Å². The van der Waals surface area contributed by atoms with E-state index in [1.807, 2.05) is 103 Å². The number of rotatable bonds is 7. The Labute approximate surface area is 228 Å². The third kappa shape index (κ3) is 6.01. The van der Waals surface area contributed by atoms with E-state index in [0.29, 0.717) is 24.0 Å². The molecule has 1 aromatic heterocycles. The summed E-state index contributed by atoms with van der Waals surface area (Å²) in [5, 5.41) is 8.15. The van der Waals surface area contributed by atoms with Crippen molar-refractivity contribution in [1.82, 2.24) is 10.3 Å². The number of nitrogens with one attached hydrogen (secondary N) is 2. The summed E-state index contributed by atoms with van der Waals surface area (Å²) < 4.78 is 6.24. The molecule has 192 valence electrons. The average Bonchev–Trinajstić information content (AvgIpc) is 3.29. The number of hydrogen-bond acceptors (Lipinski definition) is 4. The lowest BCUT2D eigenvalue weighted by molar-refractivity contribution is 0.0694. The van der Waals surface area contributed by atoms with Crippen LogP contribution in [-0.4, -0.2) is 21.6 Å². The summed E-state index contributed by atoms with van der Waals surface area (Å²) in [6.45, 7) is 2.92. The quantitative estimate of drug-likeness (QED) is 0.215. The van der Waals surface area contributed by atoms with E-state index in [-0.39, 0.29) is 5.91 Å². The number of para-hydroxylation sites is 1. The summed E-state index contributed by atoms with van der Waals surface area (Å²) in [5.41, 5.74) is 8.56. The Balaban J connectivity index is 1.39. The van der Waals surface area contributed by atoms with Gasteiger partial charge < -0.3 is 14.6 Å². The van der Waals surface area contributed by atoms with Crippen molar-refractivity contribution >= 4 is 34.6 Å². The number of carbonyl (C=O) groups is 1. The second-order valence-corrected chi connectivity index (χ2v) is 9.74. The van der Waals surface area contributed by atoms with Gasteiger partial charge in [-0.15, -0.1) is 0 Å². The Morgan fingerprint density at radius 3 is 2.08 bits per heavy atom. The SMILES string of the molecule is Cc1c(C(=O)N(Cc2ccccc2)Cc2ccccc2)oc2c1/C(=N/NC(=S)Nc1ccccc1)CCC2. The number of hydrogen-bond donors (Lipinski definition) is 2. The minimum atomic E-state index is -0.127. The Morgan fingerprint density at radius 1 is 0.895 bits per heavy atom. The van der Waals surface area contributed by atoms with Gasteiger partial charge in [-0.25, -0.2) is 0 Å². The minimum Gasteiger partial charge on any atom is -0.455 e. The van der Waals surface area contributed by atoms with Crippen LogP contribution in [0.25, 0.3) is 0 Å². The predicted molar refractivity (Wildman–Crippen MR) is 155 cm³/mol. The van der Waals surface area contributed by atoms with Gasteiger partial charge in [0.25, 0.3) is 5.91 Å². The van der Waals surface area contributed by atoms with E-state index in [2.05, 4.69) is 15.8 Å². The lowest BCUT2D eigenvalue weighted by atomic mass is 9.93. The monoisotopic (exact) mass is 522 g/mol. The molecule has 0 saturated heterocycles. The van der Waals surface area contributed by atoms with Gasteiger partial charge in [0.1, 0.15) is 5.76 Å². The lowest BCUT2D eigenvalue weighted by Crippen LogP contribution is -2.30. The second kappa shape index (κ2) is 11.9. The highest BCUT2D eigenvalue weighted by Gasteiger charge is 2.30. The first-order chi connectivity index (χ1) is 18.6. The van der Waals surface area contributed by atoms with E-state index in [1.54, 1.807) is 0 Å². The molecule has 0 atom stereocenters. The molecule has 0 fully saturated rings. The fraction of sp³-hybridized carbons (Fsp3) is 0.194. The van der Waals surface area contributed by atoms with Crippen molar-refractivity contribution in [2.45, 2.75) is 39.3 Å². The lowest BCUT2D eigenvalue weighted by Gasteiger charge is -2.22. The molecule has 0 radical (unpaired) electrons. The van der Waals surface area contributed by atoms with Crippen LogP contribution >= 0.6 is 12.2 Å². The zero-order valence-corrected chi connectivity index (χ0v) is 22.1. The van der Waals surface area contributed by atoms with Crippen LogP contribution in [-0.2, 0) is 19.5 Å². The Kier molecular flexibility index (Phi) is 7.95. The van der Waals surface area contributed by atoms with Crippen LogP contribution in [0.3, 0.4) is 0 Å². The standard InChI is InChI=1S/C31H30N4O2S/c1-22-28-26(33-34-31(38)32-25-16-9-4-10-17-25)18-11-19-27(28)37-29(22)30(36)35(20-23-12-5-2-6-13-23)21-24-14-7-3-8-15-24/h2-10,12-17H,11,18-21H2,1H3,(H2,32,34,38)/b33-26+. The molecule has 6 nitrogen and oxygen atoms in total. The Morgan fingerprint density at radius 2 is 1.47 bits per heavy atom. The molecule has 1 amide bonds. The molecule has 1 aliphatic carbocycles. The van der Waals surface area contributed by atoms with E-state index >= 15 is 0 Å². The van der Waals surface area contributed by atoms with Crippen molar-refractivity contribution in [3.05, 3.63) is 125 Å². The summed E-state index contributed by atoms with van der Waals surface area (Å²) in [6.07, 6.45) is 2.44. The molecule has 4 aromatic rings.